The molecule has 0 N–H and O–H groups in total. The molecule has 0 amide bonds. The Hall–Kier alpha value is -0.900. The third kappa shape index (κ3) is 5.59. The summed E-state index contributed by atoms with van der Waals surface area (Å²) in [7, 11) is 0. The molecule has 0 radical (unpaired) electrons. The van der Waals surface area contributed by atoms with Crippen molar-refractivity contribution >= 4 is 0 Å². The number of ether oxygens (including phenoxy) is 3. The van der Waals surface area contributed by atoms with E-state index in [2.05, 4.69) is 25.3 Å². The largest absolute Gasteiger partial charge is 0.373 e. The molecule has 3 rings (SSSR count). The van der Waals surface area contributed by atoms with E-state index < -0.39 is 0 Å². The maximum absolute atomic E-state index is 5.84. The zero-order chi connectivity index (χ0) is 16.1. The van der Waals surface area contributed by atoms with Crippen molar-refractivity contribution in [3.8, 4) is 0 Å². The van der Waals surface area contributed by atoms with Crippen molar-refractivity contribution < 1.29 is 14.2 Å². The Morgan fingerprint density at radius 1 is 0.957 bits per heavy atom. The van der Waals surface area contributed by atoms with Crippen LogP contribution in [0.3, 0.4) is 0 Å². The molecule has 0 aliphatic carbocycles. The molecule has 3 saturated heterocycles. The molecule has 128 valence electrons. The third-order valence-electron chi connectivity index (χ3n) is 5.11. The van der Waals surface area contributed by atoms with E-state index >= 15 is 0 Å². The van der Waals surface area contributed by atoms with Gasteiger partial charge in [0.2, 0.25) is 0 Å². The van der Waals surface area contributed by atoms with E-state index in [1.807, 2.05) is 12.2 Å². The van der Waals surface area contributed by atoms with Gasteiger partial charge in [0.25, 0.3) is 0 Å². The molecule has 3 fully saturated rings. The lowest BCUT2D eigenvalue weighted by Gasteiger charge is -2.11. The monoisotopic (exact) mass is 318 g/mol. The smallest absolute Gasteiger partial charge is 0.102 e. The van der Waals surface area contributed by atoms with Gasteiger partial charge < -0.3 is 14.2 Å². The predicted molar refractivity (Wildman–Crippen MR) is 92.4 cm³/mol. The van der Waals surface area contributed by atoms with Crippen LogP contribution in [0.2, 0.25) is 0 Å². The fraction of sp³-hybridized carbons (Fsp3) is 0.700. The molecule has 0 saturated carbocycles. The van der Waals surface area contributed by atoms with E-state index in [0.717, 1.165) is 45.1 Å². The molecule has 3 aliphatic heterocycles. The molecule has 0 bridgehead atoms. The second kappa shape index (κ2) is 8.27. The van der Waals surface area contributed by atoms with Gasteiger partial charge in [-0.3, -0.25) is 0 Å². The van der Waals surface area contributed by atoms with Crippen LogP contribution < -0.4 is 0 Å². The van der Waals surface area contributed by atoms with Crippen LogP contribution in [0.25, 0.3) is 0 Å². The van der Waals surface area contributed by atoms with Crippen molar-refractivity contribution in [3.63, 3.8) is 0 Å². The summed E-state index contributed by atoms with van der Waals surface area (Å²) in [5, 5.41) is 0. The van der Waals surface area contributed by atoms with Gasteiger partial charge in [0.05, 0.1) is 31.0 Å². The Morgan fingerprint density at radius 2 is 1.70 bits per heavy atom. The highest BCUT2D eigenvalue weighted by Crippen LogP contribution is 2.37. The number of hydrogen-bond donors (Lipinski definition) is 0. The Kier molecular flexibility index (Phi) is 6.09. The van der Waals surface area contributed by atoms with Gasteiger partial charge in [-0.15, -0.1) is 13.2 Å². The third-order valence-corrected chi connectivity index (χ3v) is 5.11. The molecule has 6 atom stereocenters. The minimum Gasteiger partial charge on any atom is -0.373 e. The van der Waals surface area contributed by atoms with Gasteiger partial charge in [0, 0.05) is 0 Å². The molecule has 3 aliphatic rings. The zero-order valence-electron chi connectivity index (χ0n) is 14.1. The minimum absolute atomic E-state index is 0.313. The summed E-state index contributed by atoms with van der Waals surface area (Å²) in [5.41, 5.74) is 0. The van der Waals surface area contributed by atoms with Crippen LogP contribution in [-0.4, -0.2) is 37.1 Å². The topological polar surface area (TPSA) is 37.6 Å². The molecular weight excluding hydrogens is 288 g/mol. The van der Waals surface area contributed by atoms with E-state index in [1.165, 1.54) is 6.42 Å². The van der Waals surface area contributed by atoms with Crippen LogP contribution in [0.5, 0.6) is 0 Å². The predicted octanol–water partition coefficient (Wildman–Crippen LogP) is 4.20. The normalized spacial score (nSPS) is 35.9. The van der Waals surface area contributed by atoms with Gasteiger partial charge in [0.1, 0.15) is 6.10 Å². The number of rotatable bonds is 13. The molecule has 3 heterocycles. The van der Waals surface area contributed by atoms with Crippen molar-refractivity contribution in [1.29, 1.82) is 0 Å². The summed E-state index contributed by atoms with van der Waals surface area (Å²) in [6, 6.07) is 0. The van der Waals surface area contributed by atoms with Crippen LogP contribution in [0.4, 0.5) is 0 Å². The summed E-state index contributed by atoms with van der Waals surface area (Å²) >= 11 is 0. The van der Waals surface area contributed by atoms with Gasteiger partial charge in [-0.1, -0.05) is 24.3 Å². The van der Waals surface area contributed by atoms with Crippen molar-refractivity contribution in [2.75, 3.05) is 6.61 Å². The van der Waals surface area contributed by atoms with E-state index in [0.29, 0.717) is 36.4 Å². The summed E-state index contributed by atoms with van der Waals surface area (Å²) in [6.07, 6.45) is 18.6. The Morgan fingerprint density at radius 3 is 2.30 bits per heavy atom. The maximum atomic E-state index is 5.84. The van der Waals surface area contributed by atoms with Gasteiger partial charge in [0.15, 0.2) is 0 Å². The minimum atomic E-state index is 0.313. The Bertz CT molecular complexity index is 427. The van der Waals surface area contributed by atoms with E-state index in [1.54, 1.807) is 0 Å². The highest BCUT2D eigenvalue weighted by Gasteiger charge is 2.43. The highest BCUT2D eigenvalue weighted by atomic mass is 16.6. The first-order valence-corrected chi connectivity index (χ1v) is 9.12. The lowest BCUT2D eigenvalue weighted by Crippen LogP contribution is -2.12. The summed E-state index contributed by atoms with van der Waals surface area (Å²) < 4.78 is 16.8. The fourth-order valence-corrected chi connectivity index (χ4v) is 3.41. The van der Waals surface area contributed by atoms with Crippen molar-refractivity contribution in [2.45, 2.75) is 75.5 Å². The van der Waals surface area contributed by atoms with Gasteiger partial charge >= 0.3 is 0 Å². The van der Waals surface area contributed by atoms with Crippen LogP contribution in [-0.2, 0) is 14.2 Å². The van der Waals surface area contributed by atoms with Crippen molar-refractivity contribution in [3.05, 3.63) is 37.5 Å². The second-order valence-electron chi connectivity index (χ2n) is 6.95. The fourth-order valence-electron chi connectivity index (χ4n) is 3.41. The number of hydrogen-bond acceptors (Lipinski definition) is 3. The van der Waals surface area contributed by atoms with Crippen LogP contribution in [0.1, 0.15) is 44.9 Å². The SMILES string of the molecule is C=CCCC(CC1OC1CC/C=C/CCC1OC1C=C)C1CO1. The molecule has 0 aromatic heterocycles. The van der Waals surface area contributed by atoms with Gasteiger partial charge in [-0.2, -0.15) is 0 Å². The van der Waals surface area contributed by atoms with E-state index in [9.17, 15) is 0 Å². The molecule has 0 aromatic carbocycles. The first-order valence-electron chi connectivity index (χ1n) is 9.12. The standard InChI is InChI=1S/C20H30O3/c1-3-5-10-15(20-14-21-20)13-19-18(23-19)12-9-7-6-8-11-17-16(4-2)22-17/h3-4,6-7,15-20H,1-2,5,8-14H2/b7-6+. The molecule has 0 aromatic rings. The summed E-state index contributed by atoms with van der Waals surface area (Å²) in [4.78, 5) is 0. The first-order chi connectivity index (χ1) is 11.3. The second-order valence-corrected chi connectivity index (χ2v) is 6.95. The molecule has 6 unspecified atom stereocenters. The molecule has 0 spiro atoms. The molecule has 23 heavy (non-hydrogen) atoms. The van der Waals surface area contributed by atoms with Gasteiger partial charge in [-0.05, 0) is 50.9 Å². The van der Waals surface area contributed by atoms with Crippen LogP contribution >= 0.6 is 0 Å². The number of allylic oxidation sites excluding steroid dienone is 3. The van der Waals surface area contributed by atoms with E-state index in [-0.39, 0.29) is 0 Å². The molecular formula is C20H30O3. The average Bonchev–Trinajstić information content (AvgIpc) is 3.43. The van der Waals surface area contributed by atoms with Gasteiger partial charge in [-0.25, -0.2) is 0 Å². The van der Waals surface area contributed by atoms with E-state index in [4.69, 9.17) is 14.2 Å². The zero-order valence-corrected chi connectivity index (χ0v) is 14.1. The number of epoxide rings is 3. The first kappa shape index (κ1) is 16.9. The van der Waals surface area contributed by atoms with Crippen molar-refractivity contribution in [1.82, 2.24) is 0 Å². The lowest BCUT2D eigenvalue weighted by molar-refractivity contribution is 0.272. The highest BCUT2D eigenvalue weighted by molar-refractivity contribution is 4.99. The van der Waals surface area contributed by atoms with Crippen LogP contribution in [0.15, 0.2) is 37.5 Å². The van der Waals surface area contributed by atoms with Crippen LogP contribution in [0, 0.1) is 5.92 Å². The molecule has 3 nitrogen and oxygen atoms in total. The molecule has 3 heteroatoms. The lowest BCUT2D eigenvalue weighted by atomic mass is 9.93. The average molecular weight is 318 g/mol. The summed E-state index contributed by atoms with van der Waals surface area (Å²) in [6.45, 7) is 8.51. The Balaban J connectivity index is 1.22. The quantitative estimate of drug-likeness (QED) is 0.377. The maximum Gasteiger partial charge on any atom is 0.102 e. The Labute approximate surface area is 140 Å². The summed E-state index contributed by atoms with van der Waals surface area (Å²) in [5.74, 6) is 0.662. The van der Waals surface area contributed by atoms with Crippen molar-refractivity contribution in [2.24, 2.45) is 5.92 Å².